The summed E-state index contributed by atoms with van der Waals surface area (Å²) in [6.45, 7) is 8.29. The average molecular weight is 224 g/mol. The second-order valence-corrected chi connectivity index (χ2v) is 6.11. The topological polar surface area (TPSA) is 29.3 Å². The van der Waals surface area contributed by atoms with Crippen LogP contribution in [0, 0.1) is 17.8 Å². The van der Waals surface area contributed by atoms with Crippen LogP contribution in [0.3, 0.4) is 0 Å². The van der Waals surface area contributed by atoms with Gasteiger partial charge in [0.15, 0.2) is 0 Å². The van der Waals surface area contributed by atoms with E-state index in [1.54, 1.807) is 0 Å². The monoisotopic (exact) mass is 224 g/mol. The smallest absolute Gasteiger partial charge is 0.0136 e. The summed E-state index contributed by atoms with van der Waals surface area (Å²) in [7, 11) is 0. The first-order valence-corrected chi connectivity index (χ1v) is 7.16. The number of hydrogen-bond donors (Lipinski definition) is 1. The fraction of sp³-hybridized carbons (Fsp3) is 1.00. The van der Waals surface area contributed by atoms with Crippen LogP contribution in [0.5, 0.6) is 0 Å². The highest BCUT2D eigenvalue weighted by atomic mass is 15.2. The number of nitrogens with two attached hydrogens (primary N) is 1. The third-order valence-corrected chi connectivity index (χ3v) is 4.91. The molecule has 16 heavy (non-hydrogen) atoms. The summed E-state index contributed by atoms with van der Waals surface area (Å²) in [6.07, 6.45) is 6.98. The maximum atomic E-state index is 5.88. The molecule has 1 heterocycles. The van der Waals surface area contributed by atoms with Gasteiger partial charge < -0.3 is 10.6 Å². The maximum absolute atomic E-state index is 5.88. The first-order valence-electron chi connectivity index (χ1n) is 7.16. The van der Waals surface area contributed by atoms with Gasteiger partial charge in [0.1, 0.15) is 0 Å². The molecule has 2 aliphatic rings. The summed E-state index contributed by atoms with van der Waals surface area (Å²) in [5.74, 6) is 2.63. The third-order valence-electron chi connectivity index (χ3n) is 4.91. The molecule has 94 valence electrons. The Kier molecular flexibility index (Phi) is 4.26. The lowest BCUT2D eigenvalue weighted by molar-refractivity contribution is 0.0959. The molecule has 0 amide bonds. The minimum Gasteiger partial charge on any atom is -0.330 e. The highest BCUT2D eigenvalue weighted by Gasteiger charge is 2.33. The quantitative estimate of drug-likeness (QED) is 0.798. The zero-order valence-electron chi connectivity index (χ0n) is 11.0. The minimum atomic E-state index is 0.788. The van der Waals surface area contributed by atoms with Crippen molar-refractivity contribution in [1.82, 2.24) is 4.90 Å². The van der Waals surface area contributed by atoms with Crippen LogP contribution in [-0.2, 0) is 0 Å². The summed E-state index contributed by atoms with van der Waals surface area (Å²) in [4.78, 5) is 2.74. The van der Waals surface area contributed by atoms with Gasteiger partial charge in [-0.25, -0.2) is 0 Å². The molecule has 2 rings (SSSR count). The number of rotatable bonds is 3. The highest BCUT2D eigenvalue weighted by Crippen LogP contribution is 2.33. The van der Waals surface area contributed by atoms with Crippen molar-refractivity contribution >= 4 is 0 Å². The molecule has 2 heteroatoms. The van der Waals surface area contributed by atoms with Gasteiger partial charge in [-0.3, -0.25) is 0 Å². The van der Waals surface area contributed by atoms with Crippen LogP contribution in [0.1, 0.15) is 46.0 Å². The largest absolute Gasteiger partial charge is 0.330 e. The molecule has 0 aromatic carbocycles. The van der Waals surface area contributed by atoms with Gasteiger partial charge in [-0.1, -0.05) is 20.3 Å². The highest BCUT2D eigenvalue weighted by molar-refractivity contribution is 4.88. The second kappa shape index (κ2) is 5.50. The third kappa shape index (κ3) is 2.60. The van der Waals surface area contributed by atoms with Gasteiger partial charge >= 0.3 is 0 Å². The van der Waals surface area contributed by atoms with Crippen molar-refractivity contribution in [3.8, 4) is 0 Å². The van der Waals surface area contributed by atoms with E-state index in [0.717, 1.165) is 30.3 Å². The van der Waals surface area contributed by atoms with Crippen LogP contribution in [0.15, 0.2) is 0 Å². The number of piperidine rings is 1. The Morgan fingerprint density at radius 1 is 1.12 bits per heavy atom. The van der Waals surface area contributed by atoms with Crippen LogP contribution in [0.4, 0.5) is 0 Å². The predicted molar refractivity (Wildman–Crippen MR) is 69.3 cm³/mol. The zero-order valence-corrected chi connectivity index (χ0v) is 11.0. The Hall–Kier alpha value is -0.0800. The van der Waals surface area contributed by atoms with Gasteiger partial charge in [0.25, 0.3) is 0 Å². The standard InChI is InChI=1S/C14H28N2/c1-11(2)12-6-8-16(9-7-12)14-5-3-4-13(14)10-15/h11-14H,3-10,15H2,1-2H3. The van der Waals surface area contributed by atoms with Gasteiger partial charge in [-0.2, -0.15) is 0 Å². The van der Waals surface area contributed by atoms with Crippen molar-refractivity contribution in [2.24, 2.45) is 23.5 Å². The summed E-state index contributed by atoms with van der Waals surface area (Å²) in [5.41, 5.74) is 5.88. The number of hydrogen-bond acceptors (Lipinski definition) is 2. The molecule has 1 aliphatic carbocycles. The van der Waals surface area contributed by atoms with E-state index in [0.29, 0.717) is 0 Å². The van der Waals surface area contributed by atoms with Crippen molar-refractivity contribution in [3.63, 3.8) is 0 Å². The van der Waals surface area contributed by atoms with E-state index in [1.165, 1.54) is 45.2 Å². The van der Waals surface area contributed by atoms with Gasteiger partial charge in [0.05, 0.1) is 0 Å². The van der Waals surface area contributed by atoms with Crippen molar-refractivity contribution in [1.29, 1.82) is 0 Å². The van der Waals surface area contributed by atoms with Crippen LogP contribution >= 0.6 is 0 Å². The molecule has 1 saturated carbocycles. The van der Waals surface area contributed by atoms with Crippen molar-refractivity contribution in [2.75, 3.05) is 19.6 Å². The summed E-state index contributed by atoms with van der Waals surface area (Å²) in [6, 6.07) is 0.818. The first-order chi connectivity index (χ1) is 7.72. The Labute approximate surface area is 101 Å². The molecule has 0 bridgehead atoms. The van der Waals surface area contributed by atoms with E-state index in [-0.39, 0.29) is 0 Å². The van der Waals surface area contributed by atoms with E-state index >= 15 is 0 Å². The fourth-order valence-electron chi connectivity index (χ4n) is 3.69. The first kappa shape index (κ1) is 12.4. The number of likely N-dealkylation sites (tertiary alicyclic amines) is 1. The SMILES string of the molecule is CC(C)C1CCN(C2CCCC2CN)CC1. The van der Waals surface area contributed by atoms with E-state index in [4.69, 9.17) is 5.73 Å². The van der Waals surface area contributed by atoms with Gasteiger partial charge in [-0.15, -0.1) is 0 Å². The summed E-state index contributed by atoms with van der Waals surface area (Å²) in [5, 5.41) is 0. The molecule has 1 saturated heterocycles. The molecule has 2 N–H and O–H groups in total. The molecule has 0 aromatic heterocycles. The van der Waals surface area contributed by atoms with Crippen molar-refractivity contribution in [2.45, 2.75) is 52.0 Å². The lowest BCUT2D eigenvalue weighted by Gasteiger charge is -2.39. The normalized spacial score (nSPS) is 33.8. The Bertz CT molecular complexity index is 207. The van der Waals surface area contributed by atoms with Crippen LogP contribution < -0.4 is 5.73 Å². The average Bonchev–Trinajstić information content (AvgIpc) is 2.77. The Morgan fingerprint density at radius 2 is 1.81 bits per heavy atom. The number of nitrogens with zero attached hydrogens (tertiary/aromatic N) is 1. The van der Waals surface area contributed by atoms with E-state index < -0.39 is 0 Å². The molecule has 2 atom stereocenters. The van der Waals surface area contributed by atoms with Crippen molar-refractivity contribution in [3.05, 3.63) is 0 Å². The van der Waals surface area contributed by atoms with Crippen LogP contribution in [0.2, 0.25) is 0 Å². The van der Waals surface area contributed by atoms with E-state index in [2.05, 4.69) is 18.7 Å². The molecule has 1 aliphatic heterocycles. The maximum Gasteiger partial charge on any atom is 0.0136 e. The summed E-state index contributed by atoms with van der Waals surface area (Å²) >= 11 is 0. The van der Waals surface area contributed by atoms with Gasteiger partial charge in [0, 0.05) is 6.04 Å². The van der Waals surface area contributed by atoms with E-state index in [1.807, 2.05) is 0 Å². The van der Waals surface area contributed by atoms with Crippen molar-refractivity contribution < 1.29 is 0 Å². The molecular weight excluding hydrogens is 196 g/mol. The Balaban J connectivity index is 1.84. The second-order valence-electron chi connectivity index (χ2n) is 6.11. The van der Waals surface area contributed by atoms with Crippen LogP contribution in [0.25, 0.3) is 0 Å². The fourth-order valence-corrected chi connectivity index (χ4v) is 3.69. The zero-order chi connectivity index (χ0) is 11.5. The van der Waals surface area contributed by atoms with Gasteiger partial charge in [0.2, 0.25) is 0 Å². The molecule has 0 spiro atoms. The predicted octanol–water partition coefficient (Wildman–Crippen LogP) is 2.48. The van der Waals surface area contributed by atoms with Crippen LogP contribution in [-0.4, -0.2) is 30.6 Å². The Morgan fingerprint density at radius 3 is 2.38 bits per heavy atom. The van der Waals surface area contributed by atoms with Gasteiger partial charge in [-0.05, 0) is 63.1 Å². The molecule has 0 radical (unpaired) electrons. The lowest BCUT2D eigenvalue weighted by Crippen LogP contribution is -2.45. The minimum absolute atomic E-state index is 0.788. The molecule has 2 fully saturated rings. The van der Waals surface area contributed by atoms with E-state index in [9.17, 15) is 0 Å². The molecule has 2 unspecified atom stereocenters. The lowest BCUT2D eigenvalue weighted by atomic mass is 9.85. The molecule has 0 aromatic rings. The molecular formula is C14H28N2. The summed E-state index contributed by atoms with van der Waals surface area (Å²) < 4.78 is 0. The molecule has 2 nitrogen and oxygen atoms in total.